The fraction of sp³-hybridized carbons (Fsp3) is 0.750. The van der Waals surface area contributed by atoms with E-state index in [1.165, 1.54) is 5.56 Å². The zero-order chi connectivity index (χ0) is 12.0. The van der Waals surface area contributed by atoms with E-state index in [1.807, 2.05) is 17.8 Å². The first-order chi connectivity index (χ1) is 7.65. The topological polar surface area (TPSA) is 39.1 Å². The SMILES string of the molecule is CCOCCNC(C)c1cnn(C(C)C)c1. The average Bonchev–Trinajstić information content (AvgIpc) is 2.73. The maximum absolute atomic E-state index is 5.28. The van der Waals surface area contributed by atoms with Gasteiger partial charge in [-0.1, -0.05) is 0 Å². The monoisotopic (exact) mass is 225 g/mol. The van der Waals surface area contributed by atoms with Gasteiger partial charge < -0.3 is 10.1 Å². The molecular weight excluding hydrogens is 202 g/mol. The lowest BCUT2D eigenvalue weighted by Gasteiger charge is -2.11. The van der Waals surface area contributed by atoms with Gasteiger partial charge in [-0.25, -0.2) is 0 Å². The van der Waals surface area contributed by atoms with E-state index in [-0.39, 0.29) is 0 Å². The zero-order valence-electron chi connectivity index (χ0n) is 10.7. The molecule has 16 heavy (non-hydrogen) atoms. The van der Waals surface area contributed by atoms with Crippen LogP contribution in [0.4, 0.5) is 0 Å². The first-order valence-electron chi connectivity index (χ1n) is 6.00. The summed E-state index contributed by atoms with van der Waals surface area (Å²) in [5.41, 5.74) is 1.23. The summed E-state index contributed by atoms with van der Waals surface area (Å²) in [6.07, 6.45) is 4.03. The second-order valence-electron chi connectivity index (χ2n) is 4.22. The molecule has 1 aromatic heterocycles. The number of hydrogen-bond acceptors (Lipinski definition) is 3. The maximum Gasteiger partial charge on any atom is 0.0590 e. The summed E-state index contributed by atoms with van der Waals surface area (Å²) < 4.78 is 7.26. The van der Waals surface area contributed by atoms with Gasteiger partial charge in [0.25, 0.3) is 0 Å². The Hall–Kier alpha value is -0.870. The quantitative estimate of drug-likeness (QED) is 0.723. The van der Waals surface area contributed by atoms with E-state index in [0.29, 0.717) is 12.1 Å². The number of rotatable bonds is 7. The second-order valence-corrected chi connectivity index (χ2v) is 4.22. The molecule has 0 bridgehead atoms. The van der Waals surface area contributed by atoms with E-state index in [1.54, 1.807) is 0 Å². The molecule has 1 rings (SSSR count). The highest BCUT2D eigenvalue weighted by molar-refractivity contribution is 5.09. The van der Waals surface area contributed by atoms with Crippen molar-refractivity contribution < 1.29 is 4.74 Å². The molecule has 1 N–H and O–H groups in total. The van der Waals surface area contributed by atoms with E-state index >= 15 is 0 Å². The van der Waals surface area contributed by atoms with Crippen molar-refractivity contribution >= 4 is 0 Å². The number of hydrogen-bond donors (Lipinski definition) is 1. The number of nitrogens with zero attached hydrogens (tertiary/aromatic N) is 2. The summed E-state index contributed by atoms with van der Waals surface area (Å²) >= 11 is 0. The van der Waals surface area contributed by atoms with Crippen molar-refractivity contribution in [2.45, 2.75) is 39.8 Å². The lowest BCUT2D eigenvalue weighted by molar-refractivity contribution is 0.147. The van der Waals surface area contributed by atoms with Crippen molar-refractivity contribution in [3.8, 4) is 0 Å². The first-order valence-corrected chi connectivity index (χ1v) is 6.00. The number of nitrogens with one attached hydrogen (secondary N) is 1. The summed E-state index contributed by atoms with van der Waals surface area (Å²) in [7, 11) is 0. The van der Waals surface area contributed by atoms with Crippen LogP contribution in [0.25, 0.3) is 0 Å². The molecule has 0 saturated carbocycles. The van der Waals surface area contributed by atoms with Crippen LogP contribution in [0.15, 0.2) is 12.4 Å². The standard InChI is InChI=1S/C12H23N3O/c1-5-16-7-6-13-11(4)12-8-14-15(9-12)10(2)3/h8-11,13H,5-7H2,1-4H3. The maximum atomic E-state index is 5.28. The van der Waals surface area contributed by atoms with E-state index in [0.717, 1.165) is 19.8 Å². The summed E-state index contributed by atoms with van der Waals surface area (Å²) in [6, 6.07) is 0.748. The smallest absolute Gasteiger partial charge is 0.0590 e. The highest BCUT2D eigenvalue weighted by Gasteiger charge is 2.08. The van der Waals surface area contributed by atoms with Gasteiger partial charge in [-0.15, -0.1) is 0 Å². The fourth-order valence-electron chi connectivity index (χ4n) is 1.47. The Morgan fingerprint density at radius 2 is 2.19 bits per heavy atom. The molecule has 0 saturated heterocycles. The number of aromatic nitrogens is 2. The summed E-state index contributed by atoms with van der Waals surface area (Å²) in [6.45, 7) is 10.8. The van der Waals surface area contributed by atoms with Crippen LogP contribution in [0.2, 0.25) is 0 Å². The molecule has 0 aliphatic heterocycles. The van der Waals surface area contributed by atoms with Crippen molar-refractivity contribution in [2.24, 2.45) is 0 Å². The van der Waals surface area contributed by atoms with E-state index in [9.17, 15) is 0 Å². The van der Waals surface area contributed by atoms with Gasteiger partial charge in [0.05, 0.1) is 12.8 Å². The minimum absolute atomic E-state index is 0.327. The highest BCUT2D eigenvalue weighted by atomic mass is 16.5. The zero-order valence-corrected chi connectivity index (χ0v) is 10.7. The highest BCUT2D eigenvalue weighted by Crippen LogP contribution is 2.13. The van der Waals surface area contributed by atoms with E-state index < -0.39 is 0 Å². The third-order valence-corrected chi connectivity index (χ3v) is 2.55. The van der Waals surface area contributed by atoms with Gasteiger partial charge in [0, 0.05) is 37.0 Å². The molecule has 92 valence electrons. The van der Waals surface area contributed by atoms with Crippen molar-refractivity contribution in [3.63, 3.8) is 0 Å². The predicted octanol–water partition coefficient (Wildman–Crippen LogP) is 2.15. The first kappa shape index (κ1) is 13.2. The van der Waals surface area contributed by atoms with Crippen LogP contribution < -0.4 is 5.32 Å². The lowest BCUT2D eigenvalue weighted by Crippen LogP contribution is -2.23. The molecule has 0 aliphatic rings. The normalized spacial score (nSPS) is 13.3. The molecule has 0 amide bonds. The van der Waals surface area contributed by atoms with Crippen LogP contribution in [-0.2, 0) is 4.74 Å². The van der Waals surface area contributed by atoms with Gasteiger partial charge in [0.15, 0.2) is 0 Å². The molecule has 0 aromatic carbocycles. The van der Waals surface area contributed by atoms with Crippen LogP contribution in [0, 0.1) is 0 Å². The van der Waals surface area contributed by atoms with Crippen LogP contribution in [-0.4, -0.2) is 29.5 Å². The van der Waals surface area contributed by atoms with Gasteiger partial charge in [-0.05, 0) is 27.7 Å². The summed E-state index contributed by atoms with van der Waals surface area (Å²) in [4.78, 5) is 0. The van der Waals surface area contributed by atoms with Crippen molar-refractivity contribution in [2.75, 3.05) is 19.8 Å². The van der Waals surface area contributed by atoms with Gasteiger partial charge in [-0.3, -0.25) is 4.68 Å². The van der Waals surface area contributed by atoms with E-state index in [2.05, 4.69) is 37.4 Å². The van der Waals surface area contributed by atoms with Crippen LogP contribution >= 0.6 is 0 Å². The largest absolute Gasteiger partial charge is 0.380 e. The Morgan fingerprint density at radius 1 is 1.44 bits per heavy atom. The molecule has 0 aliphatic carbocycles. The van der Waals surface area contributed by atoms with Gasteiger partial charge in [0.2, 0.25) is 0 Å². The molecule has 0 fully saturated rings. The Morgan fingerprint density at radius 3 is 2.75 bits per heavy atom. The molecule has 4 nitrogen and oxygen atoms in total. The predicted molar refractivity (Wildman–Crippen MR) is 65.5 cm³/mol. The molecule has 0 radical (unpaired) electrons. The van der Waals surface area contributed by atoms with Crippen LogP contribution in [0.5, 0.6) is 0 Å². The Balaban J connectivity index is 2.37. The Bertz CT molecular complexity index is 296. The lowest BCUT2D eigenvalue weighted by atomic mass is 10.2. The molecule has 1 atom stereocenters. The van der Waals surface area contributed by atoms with Crippen LogP contribution in [0.3, 0.4) is 0 Å². The molecular formula is C12H23N3O. The third kappa shape index (κ3) is 3.94. The van der Waals surface area contributed by atoms with E-state index in [4.69, 9.17) is 4.74 Å². The van der Waals surface area contributed by atoms with Gasteiger partial charge >= 0.3 is 0 Å². The molecule has 0 spiro atoms. The molecule has 1 heterocycles. The fourth-order valence-corrected chi connectivity index (χ4v) is 1.47. The summed E-state index contributed by atoms with van der Waals surface area (Å²) in [5.74, 6) is 0. The minimum Gasteiger partial charge on any atom is -0.380 e. The molecule has 1 aromatic rings. The average molecular weight is 225 g/mol. The Labute approximate surface area is 98.0 Å². The molecule has 4 heteroatoms. The van der Waals surface area contributed by atoms with Gasteiger partial charge in [-0.2, -0.15) is 5.10 Å². The second kappa shape index (κ2) is 6.66. The summed E-state index contributed by atoms with van der Waals surface area (Å²) in [5, 5.41) is 7.73. The molecule has 1 unspecified atom stereocenters. The van der Waals surface area contributed by atoms with Crippen LogP contribution in [0.1, 0.15) is 45.3 Å². The van der Waals surface area contributed by atoms with Crippen molar-refractivity contribution in [3.05, 3.63) is 18.0 Å². The minimum atomic E-state index is 0.327. The third-order valence-electron chi connectivity index (χ3n) is 2.55. The van der Waals surface area contributed by atoms with Gasteiger partial charge in [0.1, 0.15) is 0 Å². The Kier molecular flexibility index (Phi) is 5.49. The van der Waals surface area contributed by atoms with Crippen molar-refractivity contribution in [1.82, 2.24) is 15.1 Å². The van der Waals surface area contributed by atoms with Crippen molar-refractivity contribution in [1.29, 1.82) is 0 Å². The number of ether oxygens (including phenoxy) is 1.